The molecule has 0 N–H and O–H groups in total. The molecule has 2 aromatic carbocycles. The van der Waals surface area contributed by atoms with E-state index in [1.807, 2.05) is 48.5 Å². The van der Waals surface area contributed by atoms with Crippen molar-refractivity contribution in [2.75, 3.05) is 13.1 Å². The Labute approximate surface area is 186 Å². The van der Waals surface area contributed by atoms with Crippen LogP contribution in [-0.4, -0.2) is 38.5 Å². The predicted octanol–water partition coefficient (Wildman–Crippen LogP) is 5.32. The average Bonchev–Trinajstić information content (AvgIpc) is 3.04. The van der Waals surface area contributed by atoms with Gasteiger partial charge in [0.1, 0.15) is 6.54 Å². The minimum atomic E-state index is 0.397. The third-order valence-corrected chi connectivity index (χ3v) is 5.71. The van der Waals surface area contributed by atoms with Crippen LogP contribution in [-0.2, 0) is 13.1 Å². The molecule has 1 aliphatic rings. The highest BCUT2D eigenvalue weighted by molar-refractivity contribution is 6.39. The lowest BCUT2D eigenvalue weighted by molar-refractivity contribution is 0.286. The zero-order chi connectivity index (χ0) is 21.1. The lowest BCUT2D eigenvalue weighted by Crippen LogP contribution is -2.26. The number of halogens is 2. The molecule has 7 heteroatoms. The van der Waals surface area contributed by atoms with Crippen molar-refractivity contribution in [1.29, 1.82) is 0 Å². The predicted molar refractivity (Wildman–Crippen MR) is 123 cm³/mol. The molecule has 0 atom stereocenters. The lowest BCUT2D eigenvalue weighted by Gasteiger charge is -2.21. The zero-order valence-corrected chi connectivity index (χ0v) is 18.4. The van der Waals surface area contributed by atoms with Gasteiger partial charge in [-0.1, -0.05) is 60.5 Å². The highest BCUT2D eigenvalue weighted by atomic mass is 35.5. The van der Waals surface area contributed by atoms with Crippen molar-refractivity contribution in [3.63, 3.8) is 0 Å². The van der Waals surface area contributed by atoms with Gasteiger partial charge in [0.05, 0.1) is 23.0 Å². The van der Waals surface area contributed by atoms with Crippen molar-refractivity contribution in [3.8, 4) is 5.69 Å². The standard InChI is InChI=1S/C23H23Cl2N5/c1-3-12-29(13-4-2)15-21-28-27-20-14-26-23(16-8-5-6-9-17(16)24)22-18(25)10-7-11-19(22)30(20)21/h3,5-11H,1,4,12-15H2,2H3. The van der Waals surface area contributed by atoms with Crippen molar-refractivity contribution in [3.05, 3.63) is 87.9 Å². The summed E-state index contributed by atoms with van der Waals surface area (Å²) in [6, 6.07) is 13.5. The molecule has 154 valence electrons. The molecule has 0 unspecified atom stereocenters. The van der Waals surface area contributed by atoms with Gasteiger partial charge in [0.15, 0.2) is 11.6 Å². The molecule has 0 saturated carbocycles. The molecule has 4 rings (SSSR count). The van der Waals surface area contributed by atoms with Crippen LogP contribution in [0.2, 0.25) is 10.0 Å². The van der Waals surface area contributed by atoms with Crippen molar-refractivity contribution in [2.24, 2.45) is 4.99 Å². The molecule has 3 aromatic rings. The Morgan fingerprint density at radius 3 is 2.67 bits per heavy atom. The second-order valence-corrected chi connectivity index (χ2v) is 7.98. The van der Waals surface area contributed by atoms with Crippen LogP contribution in [0.3, 0.4) is 0 Å². The minimum absolute atomic E-state index is 0.397. The first-order chi connectivity index (χ1) is 14.6. The smallest absolute Gasteiger partial charge is 0.159 e. The number of benzene rings is 2. The van der Waals surface area contributed by atoms with Gasteiger partial charge in [-0.25, -0.2) is 0 Å². The van der Waals surface area contributed by atoms with Gasteiger partial charge < -0.3 is 0 Å². The van der Waals surface area contributed by atoms with Crippen LogP contribution in [0.25, 0.3) is 5.69 Å². The number of nitrogens with zero attached hydrogens (tertiary/aromatic N) is 5. The number of hydrogen-bond donors (Lipinski definition) is 0. The lowest BCUT2D eigenvalue weighted by atomic mass is 10.00. The van der Waals surface area contributed by atoms with E-state index < -0.39 is 0 Å². The van der Waals surface area contributed by atoms with E-state index in [1.54, 1.807) is 0 Å². The van der Waals surface area contributed by atoms with E-state index in [2.05, 4.69) is 33.2 Å². The second kappa shape index (κ2) is 9.13. The summed E-state index contributed by atoms with van der Waals surface area (Å²) in [6.07, 6.45) is 2.97. The first-order valence-electron chi connectivity index (χ1n) is 9.99. The van der Waals surface area contributed by atoms with E-state index in [1.165, 1.54) is 0 Å². The number of rotatable bonds is 7. The fraction of sp³-hybridized carbons (Fsp3) is 0.261. The molecule has 30 heavy (non-hydrogen) atoms. The maximum atomic E-state index is 6.70. The number of fused-ring (bicyclic) bond motifs is 3. The first kappa shape index (κ1) is 20.8. The fourth-order valence-corrected chi connectivity index (χ4v) is 4.29. The summed E-state index contributed by atoms with van der Waals surface area (Å²) in [6.45, 7) is 8.86. The summed E-state index contributed by atoms with van der Waals surface area (Å²) >= 11 is 13.2. The molecular weight excluding hydrogens is 417 g/mol. The third kappa shape index (κ3) is 3.93. The highest BCUT2D eigenvalue weighted by Gasteiger charge is 2.26. The maximum absolute atomic E-state index is 6.70. The highest BCUT2D eigenvalue weighted by Crippen LogP contribution is 2.33. The maximum Gasteiger partial charge on any atom is 0.159 e. The molecule has 0 fully saturated rings. The van der Waals surface area contributed by atoms with Crippen LogP contribution in [0, 0.1) is 0 Å². The van der Waals surface area contributed by atoms with Crippen LogP contribution < -0.4 is 0 Å². The average molecular weight is 440 g/mol. The van der Waals surface area contributed by atoms with Gasteiger partial charge in [-0.2, -0.15) is 0 Å². The summed E-state index contributed by atoms with van der Waals surface area (Å²) in [7, 11) is 0. The summed E-state index contributed by atoms with van der Waals surface area (Å²) in [5.41, 5.74) is 3.39. The largest absolute Gasteiger partial charge is 0.292 e. The van der Waals surface area contributed by atoms with Gasteiger partial charge in [-0.15, -0.1) is 16.8 Å². The van der Waals surface area contributed by atoms with E-state index >= 15 is 0 Å². The summed E-state index contributed by atoms with van der Waals surface area (Å²) in [5, 5.41) is 10.2. The Hall–Kier alpha value is -2.47. The summed E-state index contributed by atoms with van der Waals surface area (Å²) < 4.78 is 2.08. The van der Waals surface area contributed by atoms with Crippen molar-refractivity contribution in [2.45, 2.75) is 26.4 Å². The second-order valence-electron chi connectivity index (χ2n) is 7.17. The van der Waals surface area contributed by atoms with Crippen LogP contribution in [0.1, 0.15) is 36.1 Å². The third-order valence-electron chi connectivity index (χ3n) is 5.07. The zero-order valence-electron chi connectivity index (χ0n) is 16.9. The van der Waals surface area contributed by atoms with E-state index in [0.717, 1.165) is 53.7 Å². The van der Waals surface area contributed by atoms with Gasteiger partial charge in [0.2, 0.25) is 0 Å². The minimum Gasteiger partial charge on any atom is -0.292 e. The van der Waals surface area contributed by atoms with Crippen LogP contribution >= 0.6 is 23.2 Å². The quantitative estimate of drug-likeness (QED) is 0.467. The van der Waals surface area contributed by atoms with Crippen molar-refractivity contribution < 1.29 is 0 Å². The van der Waals surface area contributed by atoms with E-state index in [9.17, 15) is 0 Å². The van der Waals surface area contributed by atoms with E-state index in [-0.39, 0.29) is 0 Å². The van der Waals surface area contributed by atoms with Crippen LogP contribution in [0.15, 0.2) is 60.1 Å². The van der Waals surface area contributed by atoms with E-state index in [4.69, 9.17) is 28.2 Å². The molecule has 1 aliphatic heterocycles. The van der Waals surface area contributed by atoms with Crippen LogP contribution in [0.5, 0.6) is 0 Å². The normalized spacial score (nSPS) is 12.9. The van der Waals surface area contributed by atoms with Gasteiger partial charge in [0, 0.05) is 22.7 Å². The van der Waals surface area contributed by atoms with E-state index in [0.29, 0.717) is 23.1 Å². The van der Waals surface area contributed by atoms with Crippen molar-refractivity contribution in [1.82, 2.24) is 19.7 Å². The van der Waals surface area contributed by atoms with Crippen LogP contribution in [0.4, 0.5) is 0 Å². The van der Waals surface area contributed by atoms with Gasteiger partial charge in [-0.3, -0.25) is 14.5 Å². The topological polar surface area (TPSA) is 46.3 Å². The molecule has 0 aliphatic carbocycles. The van der Waals surface area contributed by atoms with Gasteiger partial charge in [-0.05, 0) is 31.2 Å². The van der Waals surface area contributed by atoms with Crippen molar-refractivity contribution >= 4 is 28.9 Å². The molecule has 0 radical (unpaired) electrons. The monoisotopic (exact) mass is 439 g/mol. The van der Waals surface area contributed by atoms with Gasteiger partial charge in [0.25, 0.3) is 0 Å². The summed E-state index contributed by atoms with van der Waals surface area (Å²) in [5.74, 6) is 1.64. The SMILES string of the molecule is C=CCN(CCC)Cc1nnc2n1-c1cccc(Cl)c1C(c1ccccc1Cl)=NC2. The molecule has 2 heterocycles. The number of aromatic nitrogens is 3. The Morgan fingerprint density at radius 2 is 1.90 bits per heavy atom. The fourth-order valence-electron chi connectivity index (χ4n) is 3.81. The molecule has 0 bridgehead atoms. The first-order valence-corrected chi connectivity index (χ1v) is 10.7. The number of hydrogen-bond acceptors (Lipinski definition) is 4. The number of aliphatic imine (C=N–C) groups is 1. The summed E-state index contributed by atoms with van der Waals surface area (Å²) in [4.78, 5) is 7.16. The molecule has 0 spiro atoms. The molecule has 5 nitrogen and oxygen atoms in total. The molecular formula is C23H23Cl2N5. The molecule has 0 saturated heterocycles. The molecule has 1 aromatic heterocycles. The Kier molecular flexibility index (Phi) is 6.32. The van der Waals surface area contributed by atoms with Gasteiger partial charge >= 0.3 is 0 Å². The molecule has 0 amide bonds. The Morgan fingerprint density at radius 1 is 1.10 bits per heavy atom. The Balaban J connectivity index is 1.85. The Bertz CT molecular complexity index is 1100.